The van der Waals surface area contributed by atoms with E-state index in [-0.39, 0.29) is 23.8 Å². The number of aliphatic carboxylic acids is 1. The Balaban J connectivity index is 3.02. The van der Waals surface area contributed by atoms with E-state index >= 15 is 0 Å². The molecule has 11 nitrogen and oxygen atoms in total. The summed E-state index contributed by atoms with van der Waals surface area (Å²) < 4.78 is 0. The predicted molar refractivity (Wildman–Crippen MR) is 135 cm³/mol. The molecule has 0 bridgehead atoms. The number of rotatable bonds is 15. The van der Waals surface area contributed by atoms with Crippen LogP contribution in [0.3, 0.4) is 0 Å². The lowest BCUT2D eigenvalue weighted by Crippen LogP contribution is -2.59. The van der Waals surface area contributed by atoms with Crippen molar-refractivity contribution in [3.05, 3.63) is 29.8 Å². The number of carboxylic acids is 1. The molecule has 0 aliphatic carbocycles. The van der Waals surface area contributed by atoms with Gasteiger partial charge in [0.05, 0.1) is 6.04 Å². The van der Waals surface area contributed by atoms with Crippen molar-refractivity contribution in [2.45, 2.75) is 63.7 Å². The van der Waals surface area contributed by atoms with Crippen molar-refractivity contribution in [3.8, 4) is 5.75 Å². The average molecular weight is 512 g/mol. The van der Waals surface area contributed by atoms with Crippen LogP contribution in [-0.2, 0) is 25.6 Å². The van der Waals surface area contributed by atoms with Gasteiger partial charge in [0, 0.05) is 12.2 Å². The quantitative estimate of drug-likeness (QED) is 0.114. The summed E-state index contributed by atoms with van der Waals surface area (Å²) in [5.74, 6) is -3.52. The second-order valence-corrected chi connectivity index (χ2v) is 9.00. The van der Waals surface area contributed by atoms with E-state index in [0.29, 0.717) is 24.9 Å². The van der Waals surface area contributed by atoms with Crippen LogP contribution in [0.2, 0.25) is 0 Å². The van der Waals surface area contributed by atoms with Crippen molar-refractivity contribution >= 4 is 36.3 Å². The fourth-order valence-electron chi connectivity index (χ4n) is 3.23. The SMILES string of the molecule is CC(C)C(NC(=O)C(N)CCCCN)C(=O)NC(Cc1ccc(O)cc1)C(=O)NC(CS)C(=O)O. The minimum absolute atomic E-state index is 0.0220. The Morgan fingerprint density at radius 3 is 2.06 bits per heavy atom. The summed E-state index contributed by atoms with van der Waals surface area (Å²) in [7, 11) is 0. The molecule has 196 valence electrons. The Bertz CT molecular complexity index is 851. The number of amides is 3. The minimum atomic E-state index is -1.26. The topological polar surface area (TPSA) is 197 Å². The zero-order valence-electron chi connectivity index (χ0n) is 20.1. The maximum Gasteiger partial charge on any atom is 0.327 e. The maximum absolute atomic E-state index is 13.1. The first-order valence-electron chi connectivity index (χ1n) is 11.5. The van der Waals surface area contributed by atoms with Gasteiger partial charge in [0.25, 0.3) is 0 Å². The lowest BCUT2D eigenvalue weighted by Gasteiger charge is -2.27. The third kappa shape index (κ3) is 10.5. The summed E-state index contributed by atoms with van der Waals surface area (Å²) in [6.45, 7) is 3.97. The number of hydrogen-bond acceptors (Lipinski definition) is 8. The smallest absolute Gasteiger partial charge is 0.327 e. The Labute approximate surface area is 210 Å². The van der Waals surface area contributed by atoms with Gasteiger partial charge in [-0.25, -0.2) is 4.79 Å². The van der Waals surface area contributed by atoms with Crippen LogP contribution < -0.4 is 27.4 Å². The zero-order chi connectivity index (χ0) is 26.5. The molecule has 0 saturated carbocycles. The first kappa shape index (κ1) is 30.2. The first-order chi connectivity index (χ1) is 16.5. The van der Waals surface area contributed by atoms with Crippen LogP contribution in [0, 0.1) is 5.92 Å². The van der Waals surface area contributed by atoms with E-state index < -0.39 is 47.9 Å². The van der Waals surface area contributed by atoms with Crippen molar-refractivity contribution in [1.29, 1.82) is 0 Å². The second kappa shape index (κ2) is 15.2. The molecule has 3 amide bonds. The number of phenolic OH excluding ortho intramolecular Hbond substituents is 1. The first-order valence-corrected chi connectivity index (χ1v) is 12.1. The molecule has 12 heteroatoms. The van der Waals surface area contributed by atoms with Crippen LogP contribution in [0.1, 0.15) is 38.7 Å². The van der Waals surface area contributed by atoms with E-state index in [1.54, 1.807) is 26.0 Å². The van der Waals surface area contributed by atoms with Crippen LogP contribution >= 0.6 is 12.6 Å². The van der Waals surface area contributed by atoms with Gasteiger partial charge in [-0.1, -0.05) is 32.4 Å². The van der Waals surface area contributed by atoms with Crippen LogP contribution in [0.4, 0.5) is 0 Å². The molecule has 0 aliphatic heterocycles. The number of hydrogen-bond donors (Lipinski definition) is 8. The molecule has 0 spiro atoms. The highest BCUT2D eigenvalue weighted by molar-refractivity contribution is 7.80. The minimum Gasteiger partial charge on any atom is -0.508 e. The van der Waals surface area contributed by atoms with Gasteiger partial charge in [0.15, 0.2) is 0 Å². The van der Waals surface area contributed by atoms with Gasteiger partial charge in [0.2, 0.25) is 17.7 Å². The Kier molecular flexibility index (Phi) is 13.1. The van der Waals surface area contributed by atoms with Crippen LogP contribution in [-0.4, -0.2) is 70.4 Å². The summed E-state index contributed by atoms with van der Waals surface area (Å²) in [4.78, 5) is 49.9. The van der Waals surface area contributed by atoms with Gasteiger partial charge in [-0.15, -0.1) is 0 Å². The number of thiol groups is 1. The number of benzene rings is 1. The van der Waals surface area contributed by atoms with Crippen molar-refractivity contribution in [1.82, 2.24) is 16.0 Å². The maximum atomic E-state index is 13.1. The van der Waals surface area contributed by atoms with Gasteiger partial charge in [-0.2, -0.15) is 12.6 Å². The molecule has 0 heterocycles. The fourth-order valence-corrected chi connectivity index (χ4v) is 3.48. The number of carboxylic acid groups (broad SMARTS) is 1. The number of phenols is 1. The van der Waals surface area contributed by atoms with Crippen molar-refractivity contribution < 1.29 is 29.4 Å². The van der Waals surface area contributed by atoms with Crippen molar-refractivity contribution in [3.63, 3.8) is 0 Å². The van der Waals surface area contributed by atoms with Crippen molar-refractivity contribution in [2.24, 2.45) is 17.4 Å². The largest absolute Gasteiger partial charge is 0.508 e. The molecule has 1 aromatic carbocycles. The Morgan fingerprint density at radius 2 is 1.54 bits per heavy atom. The van der Waals surface area contributed by atoms with Crippen LogP contribution in [0.5, 0.6) is 5.75 Å². The third-order valence-corrected chi connectivity index (χ3v) is 5.72. The number of nitrogens with one attached hydrogen (secondary N) is 3. The molecule has 4 atom stereocenters. The molecule has 0 radical (unpaired) electrons. The van der Waals surface area contributed by atoms with Crippen LogP contribution in [0.25, 0.3) is 0 Å². The molecule has 0 fully saturated rings. The third-order valence-electron chi connectivity index (χ3n) is 5.36. The highest BCUT2D eigenvalue weighted by Gasteiger charge is 2.31. The molecule has 1 rings (SSSR count). The van der Waals surface area contributed by atoms with E-state index in [2.05, 4.69) is 28.6 Å². The molecule has 9 N–H and O–H groups in total. The summed E-state index contributed by atoms with van der Waals surface area (Å²) in [5.41, 5.74) is 12.0. The van der Waals surface area contributed by atoms with Crippen LogP contribution in [0.15, 0.2) is 24.3 Å². The van der Waals surface area contributed by atoms with E-state index in [9.17, 15) is 29.4 Å². The Hall–Kier alpha value is -2.83. The highest BCUT2D eigenvalue weighted by atomic mass is 32.1. The fraction of sp³-hybridized carbons (Fsp3) is 0.565. The average Bonchev–Trinajstić information content (AvgIpc) is 2.80. The van der Waals surface area contributed by atoms with Crippen molar-refractivity contribution in [2.75, 3.05) is 12.3 Å². The molecule has 0 saturated heterocycles. The lowest BCUT2D eigenvalue weighted by atomic mass is 10.00. The number of aromatic hydroxyl groups is 1. The zero-order valence-corrected chi connectivity index (χ0v) is 21.0. The second-order valence-electron chi connectivity index (χ2n) is 8.63. The van der Waals surface area contributed by atoms with Gasteiger partial charge in [-0.05, 0) is 43.0 Å². The van der Waals surface area contributed by atoms with Gasteiger partial charge in [-0.3, -0.25) is 14.4 Å². The summed E-state index contributed by atoms with van der Waals surface area (Å²) in [6.07, 6.45) is 1.84. The monoisotopic (exact) mass is 511 g/mol. The molecular weight excluding hydrogens is 474 g/mol. The number of carbonyl (C=O) groups excluding carboxylic acids is 3. The molecule has 1 aromatic rings. The molecule has 0 aliphatic rings. The number of unbranched alkanes of at least 4 members (excludes halogenated alkanes) is 1. The van der Waals surface area contributed by atoms with E-state index in [4.69, 9.17) is 11.5 Å². The predicted octanol–water partition coefficient (Wildman–Crippen LogP) is -0.484. The summed E-state index contributed by atoms with van der Waals surface area (Å²) in [5, 5.41) is 26.4. The molecule has 4 unspecified atom stereocenters. The van der Waals surface area contributed by atoms with Gasteiger partial charge in [0.1, 0.15) is 23.9 Å². The van der Waals surface area contributed by atoms with Gasteiger partial charge >= 0.3 is 5.97 Å². The van der Waals surface area contributed by atoms with Gasteiger partial charge < -0.3 is 37.6 Å². The molecular formula is C23H37N5O6S. The Morgan fingerprint density at radius 1 is 0.943 bits per heavy atom. The molecule has 0 aromatic heterocycles. The van der Waals surface area contributed by atoms with E-state index in [1.807, 2.05) is 0 Å². The number of carbonyl (C=O) groups is 4. The lowest BCUT2D eigenvalue weighted by molar-refractivity contribution is -0.141. The number of nitrogens with two attached hydrogens (primary N) is 2. The van der Waals surface area contributed by atoms with E-state index in [0.717, 1.165) is 6.42 Å². The highest BCUT2D eigenvalue weighted by Crippen LogP contribution is 2.12. The summed E-state index contributed by atoms with van der Waals surface area (Å²) in [6, 6.07) is 1.85. The normalized spacial score (nSPS) is 14.5. The summed E-state index contributed by atoms with van der Waals surface area (Å²) >= 11 is 3.95. The van der Waals surface area contributed by atoms with E-state index in [1.165, 1.54) is 12.1 Å². The molecule has 35 heavy (non-hydrogen) atoms. The standard InChI is InChI=1S/C23H37N5O6S/c1-13(2)19(28-20(30)16(25)5-3-4-10-24)22(32)26-17(11-14-6-8-15(29)9-7-14)21(31)27-18(12-35)23(33)34/h6-9,13,16-19,29,35H,3-5,10-12,24-25H2,1-2H3,(H,26,32)(H,27,31)(H,28,30)(H,33,34).